The molecule has 0 fully saturated rings. The summed E-state index contributed by atoms with van der Waals surface area (Å²) in [6, 6.07) is 0. The first-order valence-corrected chi connectivity index (χ1v) is 7.41. The van der Waals surface area contributed by atoms with Crippen LogP contribution in [0.3, 0.4) is 0 Å². The molecule has 4 N–H and O–H groups in total. The van der Waals surface area contributed by atoms with Gasteiger partial charge in [-0.05, 0) is 6.92 Å². The number of fused-ring (bicyclic) bond motifs is 1. The fourth-order valence-corrected chi connectivity index (χ4v) is 3.57. The van der Waals surface area contributed by atoms with Gasteiger partial charge in [-0.1, -0.05) is 11.6 Å². The van der Waals surface area contributed by atoms with Gasteiger partial charge in [0.25, 0.3) is 5.56 Å². The van der Waals surface area contributed by atoms with Crippen LogP contribution in [0.2, 0.25) is 5.15 Å². The Kier molecular flexibility index (Phi) is 3.34. The van der Waals surface area contributed by atoms with E-state index in [1.165, 1.54) is 11.3 Å². The Morgan fingerprint density at radius 2 is 2.33 bits per heavy atom. The molecular weight excluding hydrogens is 314 g/mol. The van der Waals surface area contributed by atoms with Crippen molar-refractivity contribution < 1.29 is 4.79 Å². The number of nitrogens with zero attached hydrogens (tertiary/aromatic N) is 2. The summed E-state index contributed by atoms with van der Waals surface area (Å²) in [7, 11) is 0. The van der Waals surface area contributed by atoms with Crippen LogP contribution in [0.4, 0.5) is 0 Å². The molecule has 21 heavy (non-hydrogen) atoms. The summed E-state index contributed by atoms with van der Waals surface area (Å²) in [6.07, 6.45) is 1.78. The van der Waals surface area contributed by atoms with Crippen LogP contribution >= 0.6 is 22.9 Å². The second-order valence-electron chi connectivity index (χ2n) is 4.68. The van der Waals surface area contributed by atoms with Crippen molar-refractivity contribution in [1.29, 1.82) is 0 Å². The summed E-state index contributed by atoms with van der Waals surface area (Å²) in [4.78, 5) is 28.4. The largest absolute Gasteiger partial charge is 0.370 e. The van der Waals surface area contributed by atoms with E-state index < -0.39 is 11.8 Å². The predicted molar refractivity (Wildman–Crippen MR) is 79.9 cm³/mol. The SMILES string of the molecule is Cc1[nH][nH]c(=O)c1[C@H](CC(N)=O)c1c(Cl)nc2sccn12. The maximum Gasteiger partial charge on any atom is 0.268 e. The quantitative estimate of drug-likeness (QED) is 0.674. The third-order valence-electron chi connectivity index (χ3n) is 3.35. The minimum atomic E-state index is -0.547. The third-order valence-corrected chi connectivity index (χ3v) is 4.38. The Bertz CT molecular complexity index is 874. The Hall–Kier alpha value is -2.06. The molecule has 1 atom stereocenters. The van der Waals surface area contributed by atoms with Gasteiger partial charge in [-0.15, -0.1) is 11.3 Å². The van der Waals surface area contributed by atoms with Crippen molar-refractivity contribution in [3.8, 4) is 0 Å². The molecule has 0 unspecified atom stereocenters. The van der Waals surface area contributed by atoms with Gasteiger partial charge in [0.1, 0.15) is 0 Å². The lowest BCUT2D eigenvalue weighted by Crippen LogP contribution is -2.21. The van der Waals surface area contributed by atoms with Crippen LogP contribution in [0.5, 0.6) is 0 Å². The molecule has 110 valence electrons. The van der Waals surface area contributed by atoms with Gasteiger partial charge in [0.15, 0.2) is 10.1 Å². The summed E-state index contributed by atoms with van der Waals surface area (Å²) in [5.74, 6) is -1.06. The lowest BCUT2D eigenvalue weighted by molar-refractivity contribution is -0.118. The summed E-state index contributed by atoms with van der Waals surface area (Å²) in [6.45, 7) is 1.75. The van der Waals surface area contributed by atoms with E-state index in [4.69, 9.17) is 17.3 Å². The number of aromatic nitrogens is 4. The minimum absolute atomic E-state index is 0.0227. The lowest BCUT2D eigenvalue weighted by atomic mass is 9.92. The molecule has 0 aliphatic carbocycles. The highest BCUT2D eigenvalue weighted by molar-refractivity contribution is 7.15. The molecule has 3 aromatic rings. The van der Waals surface area contributed by atoms with E-state index in [1.54, 1.807) is 17.5 Å². The molecule has 3 heterocycles. The Morgan fingerprint density at radius 1 is 1.57 bits per heavy atom. The van der Waals surface area contributed by atoms with Gasteiger partial charge < -0.3 is 10.8 Å². The molecule has 0 bridgehead atoms. The molecule has 0 aromatic carbocycles. The number of aromatic amines is 2. The first-order chi connectivity index (χ1) is 9.99. The van der Waals surface area contributed by atoms with Gasteiger partial charge in [0.05, 0.1) is 5.69 Å². The summed E-state index contributed by atoms with van der Waals surface area (Å²) in [5.41, 5.74) is 6.74. The lowest BCUT2D eigenvalue weighted by Gasteiger charge is -2.14. The highest BCUT2D eigenvalue weighted by Crippen LogP contribution is 2.34. The number of rotatable bonds is 4. The Labute approximate surface area is 127 Å². The highest BCUT2D eigenvalue weighted by atomic mass is 35.5. The van der Waals surface area contributed by atoms with Crippen LogP contribution in [-0.4, -0.2) is 25.5 Å². The molecule has 3 rings (SSSR count). The summed E-state index contributed by atoms with van der Waals surface area (Å²) >= 11 is 7.63. The maximum atomic E-state index is 12.0. The first kappa shape index (κ1) is 13.9. The van der Waals surface area contributed by atoms with Crippen LogP contribution in [-0.2, 0) is 4.79 Å². The zero-order valence-electron chi connectivity index (χ0n) is 11.0. The van der Waals surface area contributed by atoms with Gasteiger partial charge in [0.2, 0.25) is 5.91 Å². The van der Waals surface area contributed by atoms with Crippen molar-refractivity contribution >= 4 is 33.8 Å². The van der Waals surface area contributed by atoms with Crippen molar-refractivity contribution in [2.24, 2.45) is 5.73 Å². The molecule has 0 spiro atoms. The minimum Gasteiger partial charge on any atom is -0.370 e. The number of imidazole rings is 1. The summed E-state index contributed by atoms with van der Waals surface area (Å²) < 4.78 is 1.78. The van der Waals surface area contributed by atoms with Crippen LogP contribution in [0.1, 0.15) is 29.3 Å². The number of carbonyl (C=O) groups excluding carboxylic acids is 1. The molecule has 0 saturated heterocycles. The van der Waals surface area contributed by atoms with Crippen molar-refractivity contribution in [1.82, 2.24) is 19.6 Å². The number of aryl methyl sites for hydroxylation is 1. The molecule has 1 amide bonds. The number of thiazole rings is 1. The number of nitrogens with two attached hydrogens (primary N) is 1. The predicted octanol–water partition coefficient (Wildman–Crippen LogP) is 1.38. The number of hydrogen-bond acceptors (Lipinski definition) is 4. The van der Waals surface area contributed by atoms with Crippen LogP contribution in [0.15, 0.2) is 16.4 Å². The third kappa shape index (κ3) is 2.26. The van der Waals surface area contributed by atoms with Gasteiger partial charge in [-0.2, -0.15) is 0 Å². The smallest absolute Gasteiger partial charge is 0.268 e. The number of primary amides is 1. The van der Waals surface area contributed by atoms with E-state index in [-0.39, 0.29) is 17.1 Å². The standard InChI is InChI=1S/C12H12ClN5O2S/c1-5-8(11(20)17-16-5)6(4-7(14)19)9-10(13)15-12-18(9)2-3-21-12/h2-3,6H,4H2,1H3,(H2,14,19)(H2,16,17,20)/t6-/m0/s1. The molecule has 9 heteroatoms. The molecule has 0 radical (unpaired) electrons. The maximum absolute atomic E-state index is 12.0. The van der Waals surface area contributed by atoms with Crippen LogP contribution in [0, 0.1) is 6.92 Å². The van der Waals surface area contributed by atoms with Crippen molar-refractivity contribution in [2.45, 2.75) is 19.3 Å². The van der Waals surface area contributed by atoms with Gasteiger partial charge in [0, 0.05) is 35.2 Å². The van der Waals surface area contributed by atoms with Crippen molar-refractivity contribution in [3.05, 3.63) is 44.0 Å². The summed E-state index contributed by atoms with van der Waals surface area (Å²) in [5, 5.41) is 7.40. The Morgan fingerprint density at radius 3 is 2.95 bits per heavy atom. The molecule has 3 aromatic heterocycles. The number of halogens is 1. The second kappa shape index (κ2) is 5.05. The fourth-order valence-electron chi connectivity index (χ4n) is 2.50. The number of carbonyl (C=O) groups is 1. The number of nitrogens with one attached hydrogen (secondary N) is 2. The van der Waals surface area contributed by atoms with E-state index >= 15 is 0 Å². The van der Waals surface area contributed by atoms with E-state index in [2.05, 4.69) is 15.2 Å². The average molecular weight is 326 g/mol. The van der Waals surface area contributed by atoms with E-state index in [9.17, 15) is 9.59 Å². The average Bonchev–Trinajstić information content (AvgIpc) is 3.03. The monoisotopic (exact) mass is 325 g/mol. The normalized spacial score (nSPS) is 12.9. The topological polar surface area (TPSA) is 109 Å². The Balaban J connectivity index is 2.25. The second-order valence-corrected chi connectivity index (χ2v) is 5.92. The van der Waals surface area contributed by atoms with Crippen molar-refractivity contribution in [3.63, 3.8) is 0 Å². The molecular formula is C12H12ClN5O2S. The van der Waals surface area contributed by atoms with Crippen molar-refractivity contribution in [2.75, 3.05) is 0 Å². The van der Waals surface area contributed by atoms with Gasteiger partial charge in [-0.3, -0.25) is 19.1 Å². The van der Waals surface area contributed by atoms with Gasteiger partial charge >= 0.3 is 0 Å². The fraction of sp³-hybridized carbons (Fsp3) is 0.250. The van der Waals surface area contributed by atoms with E-state index in [1.807, 2.05) is 5.38 Å². The highest BCUT2D eigenvalue weighted by Gasteiger charge is 2.29. The number of amides is 1. The molecule has 0 aliphatic rings. The van der Waals surface area contributed by atoms with Crippen LogP contribution in [0.25, 0.3) is 4.96 Å². The van der Waals surface area contributed by atoms with Crippen LogP contribution < -0.4 is 11.3 Å². The van der Waals surface area contributed by atoms with E-state index in [0.29, 0.717) is 21.9 Å². The van der Waals surface area contributed by atoms with E-state index in [0.717, 1.165) is 0 Å². The number of H-pyrrole nitrogens is 2. The zero-order chi connectivity index (χ0) is 15.1. The molecule has 7 nitrogen and oxygen atoms in total. The molecule has 0 aliphatic heterocycles. The first-order valence-electron chi connectivity index (χ1n) is 6.15. The zero-order valence-corrected chi connectivity index (χ0v) is 12.6. The number of hydrogen-bond donors (Lipinski definition) is 3. The molecule has 0 saturated carbocycles. The van der Waals surface area contributed by atoms with Gasteiger partial charge in [-0.25, -0.2) is 4.98 Å².